The summed E-state index contributed by atoms with van der Waals surface area (Å²) in [5.74, 6) is 0. The number of aliphatic hydroxyl groups excluding tert-OH is 1. The summed E-state index contributed by atoms with van der Waals surface area (Å²) in [6.45, 7) is 1.81. The fourth-order valence-electron chi connectivity index (χ4n) is 1.01. The van der Waals surface area contributed by atoms with Crippen molar-refractivity contribution in [2.75, 3.05) is 7.11 Å². The van der Waals surface area contributed by atoms with Crippen molar-refractivity contribution in [1.29, 1.82) is 0 Å². The molecule has 0 radical (unpaired) electrons. The van der Waals surface area contributed by atoms with Crippen molar-refractivity contribution in [1.82, 2.24) is 0 Å². The minimum atomic E-state index is -0.230. The highest BCUT2D eigenvalue weighted by Gasteiger charge is 2.07. The van der Waals surface area contributed by atoms with Crippen LogP contribution in [0.3, 0.4) is 0 Å². The standard InChI is InChI=1S/C9H13BrO2S/c1-6(11)3-4-7-5-8(10)9(12-2)13-7/h5-6,11H,3-4H2,1-2H3. The molecule has 0 aliphatic carbocycles. The van der Waals surface area contributed by atoms with Crippen LogP contribution >= 0.6 is 27.3 Å². The molecule has 0 aromatic carbocycles. The number of hydrogen-bond acceptors (Lipinski definition) is 3. The molecule has 1 heterocycles. The maximum absolute atomic E-state index is 9.11. The molecule has 0 aliphatic heterocycles. The molecule has 13 heavy (non-hydrogen) atoms. The van der Waals surface area contributed by atoms with Gasteiger partial charge >= 0.3 is 0 Å². The molecule has 0 spiro atoms. The van der Waals surface area contributed by atoms with E-state index in [1.165, 1.54) is 4.88 Å². The Morgan fingerprint density at radius 2 is 2.38 bits per heavy atom. The van der Waals surface area contributed by atoms with Crippen LogP contribution in [0.5, 0.6) is 5.06 Å². The highest BCUT2D eigenvalue weighted by atomic mass is 79.9. The molecule has 74 valence electrons. The molecular formula is C9H13BrO2S. The number of rotatable bonds is 4. The largest absolute Gasteiger partial charge is 0.486 e. The molecule has 1 atom stereocenters. The van der Waals surface area contributed by atoms with Gasteiger partial charge in [0.05, 0.1) is 17.7 Å². The van der Waals surface area contributed by atoms with E-state index >= 15 is 0 Å². The van der Waals surface area contributed by atoms with Crippen LogP contribution in [0.15, 0.2) is 10.5 Å². The summed E-state index contributed by atoms with van der Waals surface area (Å²) in [6, 6.07) is 2.05. The molecule has 0 fully saturated rings. The number of ether oxygens (including phenoxy) is 1. The highest BCUT2D eigenvalue weighted by molar-refractivity contribution is 9.10. The van der Waals surface area contributed by atoms with E-state index in [-0.39, 0.29) is 6.10 Å². The normalized spacial score (nSPS) is 12.9. The van der Waals surface area contributed by atoms with Crippen LogP contribution < -0.4 is 4.74 Å². The lowest BCUT2D eigenvalue weighted by Gasteiger charge is -2.00. The van der Waals surface area contributed by atoms with Gasteiger partial charge in [0.2, 0.25) is 0 Å². The second-order valence-electron chi connectivity index (χ2n) is 2.94. The lowest BCUT2D eigenvalue weighted by molar-refractivity contribution is 0.185. The zero-order valence-corrected chi connectivity index (χ0v) is 10.1. The number of aryl methyl sites for hydroxylation is 1. The minimum absolute atomic E-state index is 0.230. The molecule has 4 heteroatoms. The molecule has 0 aliphatic rings. The first-order valence-electron chi connectivity index (χ1n) is 4.13. The SMILES string of the molecule is COc1sc(CCC(C)O)cc1Br. The van der Waals surface area contributed by atoms with Crippen molar-refractivity contribution in [3.05, 3.63) is 15.4 Å². The third kappa shape index (κ3) is 3.29. The number of aliphatic hydroxyl groups is 1. The van der Waals surface area contributed by atoms with Crippen LogP contribution in [0, 0.1) is 0 Å². The van der Waals surface area contributed by atoms with Crippen molar-refractivity contribution < 1.29 is 9.84 Å². The van der Waals surface area contributed by atoms with Crippen molar-refractivity contribution in [2.45, 2.75) is 25.9 Å². The summed E-state index contributed by atoms with van der Waals surface area (Å²) in [5.41, 5.74) is 0. The van der Waals surface area contributed by atoms with E-state index in [1.54, 1.807) is 25.4 Å². The zero-order valence-electron chi connectivity index (χ0n) is 7.71. The minimum Gasteiger partial charge on any atom is -0.486 e. The van der Waals surface area contributed by atoms with E-state index in [0.29, 0.717) is 0 Å². The molecule has 0 amide bonds. The van der Waals surface area contributed by atoms with Crippen LogP contribution in [0.2, 0.25) is 0 Å². The smallest absolute Gasteiger partial charge is 0.188 e. The van der Waals surface area contributed by atoms with Crippen molar-refractivity contribution in [3.63, 3.8) is 0 Å². The lowest BCUT2D eigenvalue weighted by Crippen LogP contribution is -1.99. The Morgan fingerprint density at radius 1 is 1.69 bits per heavy atom. The predicted octanol–water partition coefficient (Wildman–Crippen LogP) is 2.83. The number of halogens is 1. The van der Waals surface area contributed by atoms with Gasteiger partial charge in [-0.25, -0.2) is 0 Å². The monoisotopic (exact) mass is 264 g/mol. The van der Waals surface area contributed by atoms with Gasteiger partial charge in [0.25, 0.3) is 0 Å². The maximum Gasteiger partial charge on any atom is 0.188 e. The lowest BCUT2D eigenvalue weighted by atomic mass is 10.2. The first kappa shape index (κ1) is 11.0. The van der Waals surface area contributed by atoms with Crippen LogP contribution in [-0.4, -0.2) is 18.3 Å². The van der Waals surface area contributed by atoms with E-state index in [2.05, 4.69) is 15.9 Å². The fraction of sp³-hybridized carbons (Fsp3) is 0.556. The van der Waals surface area contributed by atoms with Crippen molar-refractivity contribution >= 4 is 27.3 Å². The Bertz CT molecular complexity index is 271. The summed E-state index contributed by atoms with van der Waals surface area (Å²) in [5, 5.41) is 10.0. The van der Waals surface area contributed by atoms with E-state index < -0.39 is 0 Å². The summed E-state index contributed by atoms with van der Waals surface area (Å²) in [6.07, 6.45) is 1.48. The third-order valence-corrected chi connectivity index (χ3v) is 3.71. The number of thiophene rings is 1. The second kappa shape index (κ2) is 4.98. The molecule has 1 aromatic heterocycles. The number of hydrogen-bond donors (Lipinski definition) is 1. The highest BCUT2D eigenvalue weighted by Crippen LogP contribution is 2.35. The quantitative estimate of drug-likeness (QED) is 0.907. The second-order valence-corrected chi connectivity index (χ2v) is 4.89. The Labute approximate surface area is 90.7 Å². The van der Waals surface area contributed by atoms with Crippen molar-refractivity contribution in [3.8, 4) is 5.06 Å². The van der Waals surface area contributed by atoms with Gasteiger partial charge in [-0.15, -0.1) is 11.3 Å². The Kier molecular flexibility index (Phi) is 4.22. The van der Waals surface area contributed by atoms with E-state index in [0.717, 1.165) is 22.4 Å². The van der Waals surface area contributed by atoms with Gasteiger partial charge in [0, 0.05) is 4.88 Å². The van der Waals surface area contributed by atoms with Gasteiger partial charge in [-0.05, 0) is 41.8 Å². The third-order valence-electron chi connectivity index (χ3n) is 1.70. The molecular weight excluding hydrogens is 252 g/mol. The van der Waals surface area contributed by atoms with Crippen molar-refractivity contribution in [2.24, 2.45) is 0 Å². The first-order valence-corrected chi connectivity index (χ1v) is 5.74. The first-order chi connectivity index (χ1) is 6.13. The molecule has 1 aromatic rings. The average molecular weight is 265 g/mol. The summed E-state index contributed by atoms with van der Waals surface area (Å²) < 4.78 is 6.14. The topological polar surface area (TPSA) is 29.5 Å². The molecule has 1 N–H and O–H groups in total. The summed E-state index contributed by atoms with van der Waals surface area (Å²) >= 11 is 5.03. The predicted molar refractivity (Wildman–Crippen MR) is 58.6 cm³/mol. The van der Waals surface area contributed by atoms with Gasteiger partial charge in [-0.1, -0.05) is 0 Å². The van der Waals surface area contributed by atoms with E-state index in [9.17, 15) is 0 Å². The molecule has 0 saturated carbocycles. The molecule has 0 bridgehead atoms. The zero-order chi connectivity index (χ0) is 9.84. The fourth-order valence-corrected chi connectivity index (χ4v) is 2.72. The van der Waals surface area contributed by atoms with Crippen LogP contribution in [0.4, 0.5) is 0 Å². The maximum atomic E-state index is 9.11. The molecule has 1 rings (SSSR count). The van der Waals surface area contributed by atoms with Gasteiger partial charge in [-0.2, -0.15) is 0 Å². The summed E-state index contributed by atoms with van der Waals surface area (Å²) in [7, 11) is 1.66. The molecule has 2 nitrogen and oxygen atoms in total. The summed E-state index contributed by atoms with van der Waals surface area (Å²) in [4.78, 5) is 1.24. The number of methoxy groups -OCH3 is 1. The Balaban J connectivity index is 2.57. The van der Waals surface area contributed by atoms with Gasteiger partial charge in [0.1, 0.15) is 0 Å². The molecule has 1 unspecified atom stereocenters. The molecule has 0 saturated heterocycles. The van der Waals surface area contributed by atoms with E-state index in [4.69, 9.17) is 9.84 Å². The Hall–Kier alpha value is -0.0600. The van der Waals surface area contributed by atoms with Gasteiger partial charge in [0.15, 0.2) is 5.06 Å². The van der Waals surface area contributed by atoms with E-state index in [1.807, 2.05) is 6.07 Å². The van der Waals surface area contributed by atoms with Gasteiger partial charge in [-0.3, -0.25) is 0 Å². The average Bonchev–Trinajstić information content (AvgIpc) is 2.43. The van der Waals surface area contributed by atoms with Crippen LogP contribution in [0.1, 0.15) is 18.2 Å². The van der Waals surface area contributed by atoms with Crippen LogP contribution in [-0.2, 0) is 6.42 Å². The van der Waals surface area contributed by atoms with Crippen LogP contribution in [0.25, 0.3) is 0 Å². The Morgan fingerprint density at radius 3 is 2.85 bits per heavy atom. The van der Waals surface area contributed by atoms with Gasteiger partial charge < -0.3 is 9.84 Å².